The molecule has 0 aliphatic heterocycles. The zero-order valence-corrected chi connectivity index (χ0v) is 15.4. The Morgan fingerprint density at radius 3 is 2.40 bits per heavy atom. The number of rotatable bonds is 5. The van der Waals surface area contributed by atoms with E-state index in [1.165, 1.54) is 12.1 Å². The number of fused-ring (bicyclic) bond motifs is 1. The molecule has 128 valence electrons. The fraction of sp³-hybridized carbons (Fsp3) is 0.0556. The van der Waals surface area contributed by atoms with E-state index in [-0.39, 0.29) is 4.90 Å². The molecular weight excluding hydrogens is 406 g/mol. The second kappa shape index (κ2) is 7.25. The fourth-order valence-electron chi connectivity index (χ4n) is 2.32. The van der Waals surface area contributed by atoms with E-state index in [4.69, 9.17) is 4.74 Å². The van der Waals surface area contributed by atoms with Gasteiger partial charge in [-0.1, -0.05) is 52.3 Å². The third-order valence-corrected chi connectivity index (χ3v) is 5.40. The van der Waals surface area contributed by atoms with Crippen LogP contribution in [0.4, 0.5) is 0 Å². The molecule has 3 aromatic rings. The highest BCUT2D eigenvalue weighted by molar-refractivity contribution is 9.10. The Bertz CT molecular complexity index is 1010. The molecule has 1 N–H and O–H groups in total. The molecule has 0 heterocycles. The van der Waals surface area contributed by atoms with E-state index in [1.807, 2.05) is 41.1 Å². The average Bonchev–Trinajstić information content (AvgIpc) is 2.60. The minimum atomic E-state index is -3.92. The summed E-state index contributed by atoms with van der Waals surface area (Å²) in [6.45, 7) is -0.399. The zero-order valence-electron chi connectivity index (χ0n) is 13.0. The Morgan fingerprint density at radius 2 is 1.64 bits per heavy atom. The Kier molecular flexibility index (Phi) is 5.06. The smallest absolute Gasteiger partial charge is 0.271 e. The van der Waals surface area contributed by atoms with Crippen LogP contribution in [0.1, 0.15) is 0 Å². The van der Waals surface area contributed by atoms with Crippen molar-refractivity contribution in [1.29, 1.82) is 0 Å². The first-order chi connectivity index (χ1) is 12.0. The Balaban J connectivity index is 1.69. The molecule has 0 bridgehead atoms. The number of carbonyl (C=O) groups is 1. The van der Waals surface area contributed by atoms with Gasteiger partial charge in [0.05, 0.1) is 4.90 Å². The number of carbonyl (C=O) groups excluding carboxylic acids is 1. The third kappa shape index (κ3) is 4.18. The van der Waals surface area contributed by atoms with E-state index in [9.17, 15) is 13.2 Å². The van der Waals surface area contributed by atoms with Crippen LogP contribution in [0.2, 0.25) is 0 Å². The summed E-state index contributed by atoms with van der Waals surface area (Å²) in [5, 5.41) is 1.83. The van der Waals surface area contributed by atoms with Crippen molar-refractivity contribution in [2.75, 3.05) is 6.61 Å². The lowest BCUT2D eigenvalue weighted by molar-refractivity contribution is -0.121. The summed E-state index contributed by atoms with van der Waals surface area (Å²) in [6, 6.07) is 19.1. The lowest BCUT2D eigenvalue weighted by Gasteiger charge is -2.10. The first kappa shape index (κ1) is 17.4. The summed E-state index contributed by atoms with van der Waals surface area (Å²) in [5.74, 6) is -0.217. The second-order valence-electron chi connectivity index (χ2n) is 5.25. The monoisotopic (exact) mass is 419 g/mol. The summed E-state index contributed by atoms with van der Waals surface area (Å²) in [5.41, 5.74) is 0. The number of hydrogen-bond acceptors (Lipinski definition) is 4. The maximum atomic E-state index is 12.2. The van der Waals surface area contributed by atoms with Crippen molar-refractivity contribution >= 4 is 42.6 Å². The van der Waals surface area contributed by atoms with Crippen LogP contribution in [0.5, 0.6) is 5.75 Å². The highest BCUT2D eigenvalue weighted by atomic mass is 79.9. The van der Waals surface area contributed by atoms with Gasteiger partial charge in [0.1, 0.15) is 5.75 Å². The summed E-state index contributed by atoms with van der Waals surface area (Å²) < 4.78 is 32.6. The van der Waals surface area contributed by atoms with Gasteiger partial charge in [-0.2, -0.15) is 0 Å². The molecule has 0 aromatic heterocycles. The molecule has 0 fully saturated rings. The topological polar surface area (TPSA) is 72.5 Å². The molecule has 0 aliphatic carbocycles. The molecule has 0 atom stereocenters. The molecule has 3 aromatic carbocycles. The lowest BCUT2D eigenvalue weighted by atomic mass is 10.1. The van der Waals surface area contributed by atoms with E-state index in [2.05, 4.69) is 15.9 Å². The molecule has 25 heavy (non-hydrogen) atoms. The van der Waals surface area contributed by atoms with Gasteiger partial charge in [-0.15, -0.1) is 0 Å². The zero-order chi connectivity index (χ0) is 17.9. The largest absolute Gasteiger partial charge is 0.483 e. The quantitative estimate of drug-likeness (QED) is 0.686. The number of ether oxygens (including phenoxy) is 1. The lowest BCUT2D eigenvalue weighted by Crippen LogP contribution is -2.34. The number of benzene rings is 3. The minimum absolute atomic E-state index is 0.00853. The van der Waals surface area contributed by atoms with Gasteiger partial charge in [-0.05, 0) is 35.7 Å². The molecule has 0 radical (unpaired) electrons. The maximum Gasteiger partial charge on any atom is 0.271 e. The van der Waals surface area contributed by atoms with Gasteiger partial charge in [-0.25, -0.2) is 13.1 Å². The molecule has 0 spiro atoms. The van der Waals surface area contributed by atoms with Crippen LogP contribution in [0.25, 0.3) is 10.8 Å². The highest BCUT2D eigenvalue weighted by Gasteiger charge is 2.18. The Labute approximate surface area is 153 Å². The van der Waals surface area contributed by atoms with Crippen molar-refractivity contribution in [1.82, 2.24) is 4.72 Å². The van der Waals surface area contributed by atoms with E-state index in [0.717, 1.165) is 15.2 Å². The maximum absolute atomic E-state index is 12.2. The standard InChI is InChI=1S/C18H14BrNO4S/c19-14-8-10-15(11-9-14)25(22,23)20-18(21)12-24-17-7-3-5-13-4-1-2-6-16(13)17/h1-11H,12H2,(H,20,21). The number of amides is 1. The summed E-state index contributed by atoms with van der Waals surface area (Å²) in [6.07, 6.45) is 0. The van der Waals surface area contributed by atoms with Crippen LogP contribution in [-0.2, 0) is 14.8 Å². The molecule has 0 aliphatic rings. The van der Waals surface area contributed by atoms with Crippen molar-refractivity contribution in [3.63, 3.8) is 0 Å². The van der Waals surface area contributed by atoms with Gasteiger partial charge in [0.2, 0.25) is 0 Å². The first-order valence-electron chi connectivity index (χ1n) is 7.37. The van der Waals surface area contributed by atoms with Gasteiger partial charge >= 0.3 is 0 Å². The van der Waals surface area contributed by atoms with Crippen LogP contribution in [0.3, 0.4) is 0 Å². The summed E-state index contributed by atoms with van der Waals surface area (Å²) in [4.78, 5) is 12.0. The van der Waals surface area contributed by atoms with Crippen LogP contribution in [0.15, 0.2) is 76.1 Å². The SMILES string of the molecule is O=C(COc1cccc2ccccc12)NS(=O)(=O)c1ccc(Br)cc1. The molecule has 1 amide bonds. The summed E-state index contributed by atoms with van der Waals surface area (Å²) in [7, 11) is -3.92. The van der Waals surface area contributed by atoms with E-state index < -0.39 is 22.5 Å². The van der Waals surface area contributed by atoms with Gasteiger partial charge < -0.3 is 4.74 Å². The highest BCUT2D eigenvalue weighted by Crippen LogP contribution is 2.25. The molecule has 3 rings (SSSR count). The van der Waals surface area contributed by atoms with Crippen molar-refractivity contribution in [2.24, 2.45) is 0 Å². The van der Waals surface area contributed by atoms with Crippen molar-refractivity contribution in [2.45, 2.75) is 4.90 Å². The number of nitrogens with one attached hydrogen (secondary N) is 1. The molecule has 0 saturated carbocycles. The van der Waals surface area contributed by atoms with Crippen molar-refractivity contribution in [3.05, 3.63) is 71.2 Å². The van der Waals surface area contributed by atoms with Crippen molar-refractivity contribution < 1.29 is 17.9 Å². The first-order valence-corrected chi connectivity index (χ1v) is 9.65. The minimum Gasteiger partial charge on any atom is -0.483 e. The molecule has 0 saturated heterocycles. The molecular formula is C18H14BrNO4S. The molecule has 7 heteroatoms. The van der Waals surface area contributed by atoms with Crippen LogP contribution < -0.4 is 9.46 Å². The third-order valence-electron chi connectivity index (χ3n) is 3.48. The fourth-order valence-corrected chi connectivity index (χ4v) is 3.55. The predicted molar refractivity (Wildman–Crippen MR) is 98.9 cm³/mol. The Morgan fingerprint density at radius 1 is 0.960 bits per heavy atom. The number of sulfonamides is 1. The second-order valence-corrected chi connectivity index (χ2v) is 7.85. The average molecular weight is 420 g/mol. The molecule has 0 unspecified atom stereocenters. The van der Waals surface area contributed by atoms with Gasteiger partial charge in [0.25, 0.3) is 15.9 Å². The van der Waals surface area contributed by atoms with Gasteiger partial charge in [-0.3, -0.25) is 4.79 Å². The predicted octanol–water partition coefficient (Wildman–Crippen LogP) is 3.49. The van der Waals surface area contributed by atoms with Gasteiger partial charge in [0.15, 0.2) is 6.61 Å². The van der Waals surface area contributed by atoms with Crippen molar-refractivity contribution in [3.8, 4) is 5.75 Å². The molecule has 5 nitrogen and oxygen atoms in total. The normalized spacial score (nSPS) is 11.2. The Hall–Kier alpha value is -2.38. The van der Waals surface area contributed by atoms with E-state index in [1.54, 1.807) is 18.2 Å². The number of halogens is 1. The van der Waals surface area contributed by atoms with E-state index in [0.29, 0.717) is 5.75 Å². The van der Waals surface area contributed by atoms with E-state index >= 15 is 0 Å². The van der Waals surface area contributed by atoms with Crippen LogP contribution in [-0.4, -0.2) is 20.9 Å². The van der Waals surface area contributed by atoms with Gasteiger partial charge in [0, 0.05) is 9.86 Å². The summed E-state index contributed by atoms with van der Waals surface area (Å²) >= 11 is 3.23. The van der Waals surface area contributed by atoms with Crippen LogP contribution in [0, 0.1) is 0 Å². The number of hydrogen-bond donors (Lipinski definition) is 1. The van der Waals surface area contributed by atoms with Crippen LogP contribution >= 0.6 is 15.9 Å².